The maximum atomic E-state index is 12.2. The van der Waals surface area contributed by atoms with Crippen molar-refractivity contribution < 1.29 is 13.2 Å². The minimum Gasteiger partial charge on any atom is -0.171 e. The molecule has 3 heteroatoms. The largest absolute Gasteiger partial charge is 0.393 e. The van der Waals surface area contributed by atoms with Crippen molar-refractivity contribution in [3.8, 4) is 0 Å². The number of rotatable bonds is 1. The summed E-state index contributed by atoms with van der Waals surface area (Å²) in [5, 5.41) is 0. The predicted molar refractivity (Wildman–Crippen MR) is 50.4 cm³/mol. The SMILES string of the molecule is Cc1ccc(CC(F)(F)F)c(C)c1C. The van der Waals surface area contributed by atoms with Gasteiger partial charge in [0.25, 0.3) is 0 Å². The first kappa shape index (κ1) is 11.1. The molecule has 0 N–H and O–H groups in total. The Hall–Kier alpha value is -0.990. The van der Waals surface area contributed by atoms with Crippen LogP contribution in [0, 0.1) is 20.8 Å². The molecule has 0 aliphatic carbocycles. The molecule has 0 spiro atoms. The Kier molecular flexibility index (Phi) is 2.88. The van der Waals surface area contributed by atoms with E-state index in [0.29, 0.717) is 5.56 Å². The van der Waals surface area contributed by atoms with Crippen LogP contribution < -0.4 is 0 Å². The lowest BCUT2D eigenvalue weighted by Crippen LogP contribution is -2.13. The lowest BCUT2D eigenvalue weighted by atomic mass is 9.97. The number of halogens is 3. The van der Waals surface area contributed by atoms with Crippen molar-refractivity contribution in [3.63, 3.8) is 0 Å². The molecule has 14 heavy (non-hydrogen) atoms. The highest BCUT2D eigenvalue weighted by Gasteiger charge is 2.28. The number of aryl methyl sites for hydroxylation is 1. The van der Waals surface area contributed by atoms with Crippen molar-refractivity contribution in [2.75, 3.05) is 0 Å². The quantitative estimate of drug-likeness (QED) is 0.651. The molecule has 0 atom stereocenters. The van der Waals surface area contributed by atoms with Crippen LogP contribution in [0.2, 0.25) is 0 Å². The molecule has 0 nitrogen and oxygen atoms in total. The number of benzene rings is 1. The highest BCUT2D eigenvalue weighted by molar-refractivity contribution is 5.39. The van der Waals surface area contributed by atoms with Crippen molar-refractivity contribution in [1.82, 2.24) is 0 Å². The lowest BCUT2D eigenvalue weighted by Gasteiger charge is -2.12. The normalized spacial score (nSPS) is 11.9. The Morgan fingerprint density at radius 3 is 2.07 bits per heavy atom. The second-order valence-electron chi connectivity index (χ2n) is 3.58. The van der Waals surface area contributed by atoms with E-state index in [9.17, 15) is 13.2 Å². The molecule has 0 radical (unpaired) electrons. The van der Waals surface area contributed by atoms with Crippen molar-refractivity contribution in [1.29, 1.82) is 0 Å². The van der Waals surface area contributed by atoms with Crippen molar-refractivity contribution >= 4 is 0 Å². The zero-order valence-corrected chi connectivity index (χ0v) is 8.50. The smallest absolute Gasteiger partial charge is 0.171 e. The summed E-state index contributed by atoms with van der Waals surface area (Å²) >= 11 is 0. The Balaban J connectivity index is 3.06. The van der Waals surface area contributed by atoms with E-state index >= 15 is 0 Å². The fraction of sp³-hybridized carbons (Fsp3) is 0.455. The summed E-state index contributed by atoms with van der Waals surface area (Å²) in [6, 6.07) is 3.30. The van der Waals surface area contributed by atoms with E-state index in [2.05, 4.69) is 0 Å². The van der Waals surface area contributed by atoms with E-state index < -0.39 is 12.6 Å². The van der Waals surface area contributed by atoms with Crippen molar-refractivity contribution in [2.45, 2.75) is 33.4 Å². The predicted octanol–water partition coefficient (Wildman–Crippen LogP) is 3.72. The summed E-state index contributed by atoms with van der Waals surface area (Å²) < 4.78 is 36.5. The summed E-state index contributed by atoms with van der Waals surface area (Å²) in [4.78, 5) is 0. The third kappa shape index (κ3) is 2.50. The molecule has 0 aliphatic rings. The maximum absolute atomic E-state index is 12.2. The maximum Gasteiger partial charge on any atom is 0.393 e. The molecule has 0 unspecified atom stereocenters. The van der Waals surface area contributed by atoms with Gasteiger partial charge in [-0.15, -0.1) is 0 Å². The third-order valence-corrected chi connectivity index (χ3v) is 2.56. The number of alkyl halides is 3. The van der Waals surface area contributed by atoms with Gasteiger partial charge in [-0.1, -0.05) is 12.1 Å². The van der Waals surface area contributed by atoms with Gasteiger partial charge in [0.2, 0.25) is 0 Å². The van der Waals surface area contributed by atoms with Crippen molar-refractivity contribution in [3.05, 3.63) is 34.4 Å². The molecule has 0 saturated heterocycles. The van der Waals surface area contributed by atoms with Crippen LogP contribution in [0.4, 0.5) is 13.2 Å². The first-order chi connectivity index (χ1) is 6.31. The Morgan fingerprint density at radius 2 is 1.57 bits per heavy atom. The lowest BCUT2D eigenvalue weighted by molar-refractivity contribution is -0.127. The molecule has 0 amide bonds. The fourth-order valence-electron chi connectivity index (χ4n) is 1.42. The second kappa shape index (κ2) is 3.64. The van der Waals surface area contributed by atoms with Crippen LogP contribution in [0.3, 0.4) is 0 Å². The molecule has 0 fully saturated rings. The first-order valence-corrected chi connectivity index (χ1v) is 4.43. The van der Waals surface area contributed by atoms with Gasteiger partial charge in [0.05, 0.1) is 6.42 Å². The van der Waals surface area contributed by atoms with Crippen LogP contribution >= 0.6 is 0 Å². The van der Waals surface area contributed by atoms with Gasteiger partial charge in [-0.3, -0.25) is 0 Å². The molecule has 0 aromatic heterocycles. The summed E-state index contributed by atoms with van der Waals surface area (Å²) in [7, 11) is 0. The zero-order valence-electron chi connectivity index (χ0n) is 8.50. The van der Waals surface area contributed by atoms with Gasteiger partial charge in [0, 0.05) is 0 Å². The highest BCUT2D eigenvalue weighted by Crippen LogP contribution is 2.25. The number of hydrogen-bond donors (Lipinski definition) is 0. The monoisotopic (exact) mass is 202 g/mol. The second-order valence-corrected chi connectivity index (χ2v) is 3.58. The van der Waals surface area contributed by atoms with Gasteiger partial charge in [-0.2, -0.15) is 13.2 Å². The molecule has 0 heterocycles. The molecule has 78 valence electrons. The molecule has 0 bridgehead atoms. The van der Waals surface area contributed by atoms with Gasteiger partial charge >= 0.3 is 6.18 Å². The van der Waals surface area contributed by atoms with Crippen molar-refractivity contribution in [2.24, 2.45) is 0 Å². The van der Waals surface area contributed by atoms with E-state index in [1.54, 1.807) is 19.1 Å². The number of hydrogen-bond acceptors (Lipinski definition) is 0. The topological polar surface area (TPSA) is 0 Å². The van der Waals surface area contributed by atoms with E-state index in [1.165, 1.54) is 0 Å². The molecular formula is C11H13F3. The molecule has 0 aliphatic heterocycles. The van der Waals surface area contributed by atoms with E-state index in [4.69, 9.17) is 0 Å². The van der Waals surface area contributed by atoms with Crippen LogP contribution in [0.15, 0.2) is 12.1 Å². The molecule has 1 aromatic carbocycles. The summed E-state index contributed by atoms with van der Waals surface area (Å²) in [5.41, 5.74) is 3.11. The first-order valence-electron chi connectivity index (χ1n) is 4.43. The van der Waals surface area contributed by atoms with E-state index in [-0.39, 0.29) is 0 Å². The summed E-state index contributed by atoms with van der Waals surface area (Å²) in [6.45, 7) is 5.49. The van der Waals surface area contributed by atoms with Gasteiger partial charge < -0.3 is 0 Å². The average molecular weight is 202 g/mol. The summed E-state index contributed by atoms with van der Waals surface area (Å²) in [5.74, 6) is 0. The minimum absolute atomic E-state index is 0.376. The Bertz CT molecular complexity index is 337. The Labute approximate surface area is 81.8 Å². The molecule has 0 saturated carbocycles. The molecule has 1 aromatic rings. The van der Waals surface area contributed by atoms with Gasteiger partial charge in [0.1, 0.15) is 0 Å². The van der Waals surface area contributed by atoms with Crippen LogP contribution in [0.1, 0.15) is 22.3 Å². The van der Waals surface area contributed by atoms with Gasteiger partial charge in [-0.05, 0) is 43.0 Å². The van der Waals surface area contributed by atoms with Gasteiger partial charge in [-0.25, -0.2) is 0 Å². The van der Waals surface area contributed by atoms with Crippen LogP contribution in [-0.2, 0) is 6.42 Å². The zero-order chi connectivity index (χ0) is 10.9. The average Bonchev–Trinajstić information content (AvgIpc) is 2.04. The van der Waals surface area contributed by atoms with Crippen LogP contribution in [0.5, 0.6) is 0 Å². The highest BCUT2D eigenvalue weighted by atomic mass is 19.4. The molecular weight excluding hydrogens is 189 g/mol. The fourth-order valence-corrected chi connectivity index (χ4v) is 1.42. The third-order valence-electron chi connectivity index (χ3n) is 2.56. The minimum atomic E-state index is -4.12. The van der Waals surface area contributed by atoms with E-state index in [1.807, 2.05) is 13.8 Å². The Morgan fingerprint density at radius 1 is 1.00 bits per heavy atom. The molecule has 1 rings (SSSR count). The van der Waals surface area contributed by atoms with Crippen LogP contribution in [0.25, 0.3) is 0 Å². The van der Waals surface area contributed by atoms with E-state index in [0.717, 1.165) is 16.7 Å². The van der Waals surface area contributed by atoms with Gasteiger partial charge in [0.15, 0.2) is 0 Å². The van der Waals surface area contributed by atoms with Crippen LogP contribution in [-0.4, -0.2) is 6.18 Å². The standard InChI is InChI=1S/C11H13F3/c1-7-4-5-10(6-11(12,13)14)9(3)8(7)2/h4-5H,6H2,1-3H3. The summed E-state index contributed by atoms with van der Waals surface area (Å²) in [6.07, 6.45) is -4.95.